The Balaban J connectivity index is 1.73. The van der Waals surface area contributed by atoms with Gasteiger partial charge in [0.05, 0.1) is 24.5 Å². The molecule has 4 heteroatoms. The number of hydrogen-bond donors (Lipinski definition) is 0. The summed E-state index contributed by atoms with van der Waals surface area (Å²) in [5.41, 5.74) is -0.0993. The summed E-state index contributed by atoms with van der Waals surface area (Å²) in [6.07, 6.45) is 7.74. The zero-order chi connectivity index (χ0) is 14.9. The maximum Gasteiger partial charge on any atom is 0.228 e. The van der Waals surface area contributed by atoms with Gasteiger partial charge in [0.15, 0.2) is 0 Å². The lowest BCUT2D eigenvalue weighted by molar-refractivity contribution is -0.158. The minimum Gasteiger partial charge on any atom is -0.383 e. The van der Waals surface area contributed by atoms with Gasteiger partial charge in [-0.05, 0) is 56.3 Å². The van der Waals surface area contributed by atoms with Crippen molar-refractivity contribution in [2.45, 2.75) is 44.9 Å². The van der Waals surface area contributed by atoms with E-state index in [1.807, 2.05) is 4.90 Å². The van der Waals surface area contributed by atoms with Crippen molar-refractivity contribution in [3.8, 4) is 6.07 Å². The Morgan fingerprint density at radius 1 is 1.19 bits per heavy atom. The summed E-state index contributed by atoms with van der Waals surface area (Å²) < 4.78 is 5.14. The molecule has 0 atom stereocenters. The van der Waals surface area contributed by atoms with Crippen LogP contribution in [0.3, 0.4) is 0 Å². The topological polar surface area (TPSA) is 53.3 Å². The average Bonchev–Trinajstić information content (AvgIpc) is 2.45. The molecule has 0 aromatic carbocycles. The van der Waals surface area contributed by atoms with Gasteiger partial charge in [-0.2, -0.15) is 5.26 Å². The number of methoxy groups -OCH3 is 1. The first-order chi connectivity index (χ1) is 10.2. The summed E-state index contributed by atoms with van der Waals surface area (Å²) in [7, 11) is 1.66. The summed E-state index contributed by atoms with van der Waals surface area (Å²) in [5, 5.41) is 8.84. The monoisotopic (exact) mass is 290 g/mol. The average molecular weight is 290 g/mol. The predicted molar refractivity (Wildman–Crippen MR) is 79.3 cm³/mol. The van der Waals surface area contributed by atoms with Crippen LogP contribution in [0.1, 0.15) is 44.9 Å². The molecule has 1 amide bonds. The minimum atomic E-state index is -0.0993. The van der Waals surface area contributed by atoms with Gasteiger partial charge in [-0.25, -0.2) is 0 Å². The van der Waals surface area contributed by atoms with E-state index in [4.69, 9.17) is 10.00 Å². The highest BCUT2D eigenvalue weighted by Gasteiger charge is 2.55. The van der Waals surface area contributed by atoms with E-state index in [1.54, 1.807) is 7.11 Å². The molecule has 4 nitrogen and oxygen atoms in total. The van der Waals surface area contributed by atoms with Crippen LogP contribution in [0, 0.1) is 34.5 Å². The van der Waals surface area contributed by atoms with E-state index in [9.17, 15) is 4.79 Å². The lowest BCUT2D eigenvalue weighted by atomic mass is 9.49. The third kappa shape index (κ3) is 2.81. The number of carbonyl (C=O) groups is 1. The molecule has 0 aromatic rings. The molecule has 4 aliphatic rings. The Hall–Kier alpha value is -1.08. The molecule has 0 spiro atoms. The Morgan fingerprint density at radius 3 is 2.24 bits per heavy atom. The van der Waals surface area contributed by atoms with Crippen LogP contribution in [0.4, 0.5) is 0 Å². The fourth-order valence-corrected chi connectivity index (χ4v) is 5.41. The second-order valence-electron chi connectivity index (χ2n) is 7.39. The van der Waals surface area contributed by atoms with Gasteiger partial charge in [-0.3, -0.25) is 4.79 Å². The first-order valence-electron chi connectivity index (χ1n) is 8.32. The molecule has 4 fully saturated rings. The van der Waals surface area contributed by atoms with Gasteiger partial charge in [0.25, 0.3) is 0 Å². The maximum absolute atomic E-state index is 13.2. The second-order valence-corrected chi connectivity index (χ2v) is 7.39. The van der Waals surface area contributed by atoms with Gasteiger partial charge in [-0.1, -0.05) is 0 Å². The molecular formula is C17H26N2O2. The Kier molecular flexibility index (Phi) is 4.21. The summed E-state index contributed by atoms with van der Waals surface area (Å²) >= 11 is 0. The normalized spacial score (nSPS) is 36.5. The molecule has 21 heavy (non-hydrogen) atoms. The van der Waals surface area contributed by atoms with Crippen molar-refractivity contribution >= 4 is 5.91 Å². The Bertz CT molecular complexity index is 405. The van der Waals surface area contributed by atoms with Crippen LogP contribution in [-0.4, -0.2) is 37.6 Å². The van der Waals surface area contributed by atoms with Crippen molar-refractivity contribution in [3.63, 3.8) is 0 Å². The molecule has 0 aliphatic heterocycles. The van der Waals surface area contributed by atoms with Crippen molar-refractivity contribution < 1.29 is 9.53 Å². The number of rotatable bonds is 6. The summed E-state index contributed by atoms with van der Waals surface area (Å²) in [4.78, 5) is 15.1. The van der Waals surface area contributed by atoms with Crippen LogP contribution < -0.4 is 0 Å². The van der Waals surface area contributed by atoms with Crippen LogP contribution in [0.15, 0.2) is 0 Å². The molecule has 4 rings (SSSR count). The molecule has 0 aromatic heterocycles. The maximum atomic E-state index is 13.2. The fraction of sp³-hybridized carbons (Fsp3) is 0.882. The highest BCUT2D eigenvalue weighted by molar-refractivity contribution is 5.83. The van der Waals surface area contributed by atoms with E-state index < -0.39 is 0 Å². The van der Waals surface area contributed by atoms with Crippen LogP contribution in [-0.2, 0) is 9.53 Å². The highest BCUT2D eigenvalue weighted by Crippen LogP contribution is 2.60. The molecule has 4 aliphatic carbocycles. The smallest absolute Gasteiger partial charge is 0.228 e. The lowest BCUT2D eigenvalue weighted by Crippen LogP contribution is -2.55. The Morgan fingerprint density at radius 2 is 1.76 bits per heavy atom. The first kappa shape index (κ1) is 14.8. The van der Waals surface area contributed by atoms with Crippen molar-refractivity contribution in [1.82, 2.24) is 4.90 Å². The summed E-state index contributed by atoms with van der Waals surface area (Å²) in [5.74, 6) is 2.65. The number of carbonyl (C=O) groups excluding carboxylic acids is 1. The molecule has 0 unspecified atom stereocenters. The zero-order valence-corrected chi connectivity index (χ0v) is 13.0. The molecule has 0 saturated heterocycles. The predicted octanol–water partition coefficient (Wildman–Crippen LogP) is 2.59. The molecular weight excluding hydrogens is 264 g/mol. The van der Waals surface area contributed by atoms with Crippen molar-refractivity contribution in [1.29, 1.82) is 5.26 Å². The molecule has 0 heterocycles. The quantitative estimate of drug-likeness (QED) is 0.755. The standard InChI is InChI=1S/C17H26N2O2/c1-21-6-5-19(4-2-3-18)16(20)17-10-13-7-14(11-17)9-15(8-13)12-17/h13-15H,2,4-12H2,1H3. The number of ether oxygens (including phenoxy) is 1. The zero-order valence-electron chi connectivity index (χ0n) is 13.0. The summed E-state index contributed by atoms with van der Waals surface area (Å²) in [6, 6.07) is 2.17. The van der Waals surface area contributed by atoms with Gasteiger partial charge in [0.2, 0.25) is 5.91 Å². The Labute approximate surface area is 127 Å². The SMILES string of the molecule is COCCN(CCC#N)C(=O)C12CC3CC(CC(C3)C1)C2. The third-order valence-electron chi connectivity index (χ3n) is 5.84. The minimum absolute atomic E-state index is 0.0993. The van der Waals surface area contributed by atoms with E-state index in [1.165, 1.54) is 19.3 Å². The van der Waals surface area contributed by atoms with E-state index >= 15 is 0 Å². The highest BCUT2D eigenvalue weighted by atomic mass is 16.5. The van der Waals surface area contributed by atoms with Crippen LogP contribution >= 0.6 is 0 Å². The molecule has 4 saturated carbocycles. The van der Waals surface area contributed by atoms with E-state index in [0.717, 1.165) is 37.0 Å². The van der Waals surface area contributed by atoms with Gasteiger partial charge in [0, 0.05) is 20.2 Å². The van der Waals surface area contributed by atoms with Gasteiger partial charge in [-0.15, -0.1) is 0 Å². The van der Waals surface area contributed by atoms with Crippen molar-refractivity contribution in [2.24, 2.45) is 23.2 Å². The number of nitrogens with zero attached hydrogens (tertiary/aromatic N) is 2. The van der Waals surface area contributed by atoms with Crippen LogP contribution in [0.2, 0.25) is 0 Å². The van der Waals surface area contributed by atoms with Crippen molar-refractivity contribution in [2.75, 3.05) is 26.8 Å². The molecule has 0 N–H and O–H groups in total. The number of hydrogen-bond acceptors (Lipinski definition) is 3. The molecule has 4 bridgehead atoms. The van der Waals surface area contributed by atoms with Gasteiger partial charge in [0.1, 0.15) is 0 Å². The number of nitriles is 1. The van der Waals surface area contributed by atoms with E-state index in [-0.39, 0.29) is 5.41 Å². The van der Waals surface area contributed by atoms with E-state index in [2.05, 4.69) is 6.07 Å². The largest absolute Gasteiger partial charge is 0.383 e. The molecule has 116 valence electrons. The summed E-state index contributed by atoms with van der Waals surface area (Å²) in [6.45, 7) is 1.74. The molecule has 0 radical (unpaired) electrons. The van der Waals surface area contributed by atoms with Crippen molar-refractivity contribution in [3.05, 3.63) is 0 Å². The first-order valence-corrected chi connectivity index (χ1v) is 8.32. The second kappa shape index (κ2) is 5.96. The van der Waals surface area contributed by atoms with Gasteiger partial charge < -0.3 is 9.64 Å². The fourth-order valence-electron chi connectivity index (χ4n) is 5.41. The van der Waals surface area contributed by atoms with Gasteiger partial charge >= 0.3 is 0 Å². The lowest BCUT2D eigenvalue weighted by Gasteiger charge is -2.56. The van der Waals surface area contributed by atoms with Crippen LogP contribution in [0.5, 0.6) is 0 Å². The number of amides is 1. The third-order valence-corrected chi connectivity index (χ3v) is 5.84. The van der Waals surface area contributed by atoms with Crippen LogP contribution in [0.25, 0.3) is 0 Å². The van der Waals surface area contributed by atoms with E-state index in [0.29, 0.717) is 32.0 Å².